The predicted octanol–water partition coefficient (Wildman–Crippen LogP) is 3.83. The first kappa shape index (κ1) is 19.2. The van der Waals surface area contributed by atoms with E-state index < -0.39 is 5.91 Å². The quantitative estimate of drug-likeness (QED) is 0.774. The molecule has 1 saturated heterocycles. The summed E-state index contributed by atoms with van der Waals surface area (Å²) in [4.78, 5) is 28.8. The van der Waals surface area contributed by atoms with Crippen molar-refractivity contribution in [1.29, 1.82) is 0 Å². The third-order valence-corrected chi connectivity index (χ3v) is 5.33. The Hall–Kier alpha value is -2.62. The lowest BCUT2D eigenvalue weighted by Gasteiger charge is -2.33. The Balaban J connectivity index is 1.58. The lowest BCUT2D eigenvalue weighted by Crippen LogP contribution is -2.48. The molecule has 1 aliphatic heterocycles. The second-order valence-electron chi connectivity index (χ2n) is 7.31. The van der Waals surface area contributed by atoms with E-state index in [2.05, 4.69) is 24.3 Å². The zero-order valence-corrected chi connectivity index (χ0v) is 16.2. The summed E-state index contributed by atoms with van der Waals surface area (Å²) in [5, 5.41) is 0. The summed E-state index contributed by atoms with van der Waals surface area (Å²) in [6, 6.07) is 18.2. The van der Waals surface area contributed by atoms with Crippen molar-refractivity contribution in [2.45, 2.75) is 33.1 Å². The molecule has 3 rings (SSSR count). The maximum absolute atomic E-state index is 12.8. The fourth-order valence-electron chi connectivity index (χ4n) is 3.78. The number of anilines is 1. The number of likely N-dealkylation sites (N-methyl/N-ethyl adjacent to an activating group) is 1. The summed E-state index contributed by atoms with van der Waals surface area (Å²) in [7, 11) is 0. The molecule has 0 spiro atoms. The van der Waals surface area contributed by atoms with Crippen molar-refractivity contribution in [2.75, 3.05) is 24.5 Å². The minimum absolute atomic E-state index is 0.378. The van der Waals surface area contributed by atoms with Gasteiger partial charge >= 0.3 is 11.8 Å². The number of carbonyl (C=O) groups is 2. The van der Waals surface area contributed by atoms with Crippen LogP contribution in [0.2, 0.25) is 0 Å². The second-order valence-corrected chi connectivity index (χ2v) is 7.31. The van der Waals surface area contributed by atoms with Gasteiger partial charge < -0.3 is 9.80 Å². The highest BCUT2D eigenvalue weighted by molar-refractivity contribution is 6.40. The minimum atomic E-state index is -0.426. The van der Waals surface area contributed by atoms with Crippen molar-refractivity contribution in [1.82, 2.24) is 4.90 Å². The fraction of sp³-hybridized carbons (Fsp3) is 0.391. The maximum atomic E-state index is 12.8. The highest BCUT2D eigenvalue weighted by Crippen LogP contribution is 2.23. The van der Waals surface area contributed by atoms with E-state index in [1.807, 2.05) is 44.2 Å². The lowest BCUT2D eigenvalue weighted by atomic mass is 9.90. The van der Waals surface area contributed by atoms with Gasteiger partial charge in [-0.2, -0.15) is 0 Å². The minimum Gasteiger partial charge on any atom is -0.334 e. The smallest absolute Gasteiger partial charge is 0.316 e. The van der Waals surface area contributed by atoms with Crippen LogP contribution in [0.25, 0.3) is 0 Å². The van der Waals surface area contributed by atoms with E-state index in [-0.39, 0.29) is 5.91 Å². The molecule has 4 heteroatoms. The number of nitrogens with zero attached hydrogens (tertiary/aromatic N) is 2. The Morgan fingerprint density at radius 1 is 1.04 bits per heavy atom. The number of hydrogen-bond acceptors (Lipinski definition) is 2. The van der Waals surface area contributed by atoms with Crippen LogP contribution in [0.4, 0.5) is 5.69 Å². The third kappa shape index (κ3) is 4.76. The van der Waals surface area contributed by atoms with E-state index in [1.54, 1.807) is 9.80 Å². The maximum Gasteiger partial charge on any atom is 0.316 e. The van der Waals surface area contributed by atoms with Crippen LogP contribution in [0, 0.1) is 12.8 Å². The van der Waals surface area contributed by atoms with Crippen molar-refractivity contribution in [3.8, 4) is 0 Å². The Labute approximate surface area is 161 Å². The van der Waals surface area contributed by atoms with Crippen LogP contribution >= 0.6 is 0 Å². The molecule has 27 heavy (non-hydrogen) atoms. The third-order valence-electron chi connectivity index (χ3n) is 5.33. The molecule has 2 amide bonds. The molecule has 0 bridgehead atoms. The van der Waals surface area contributed by atoms with Crippen LogP contribution in [0.3, 0.4) is 0 Å². The molecule has 1 fully saturated rings. The Morgan fingerprint density at radius 3 is 2.37 bits per heavy atom. The van der Waals surface area contributed by atoms with Gasteiger partial charge in [-0.25, -0.2) is 0 Å². The van der Waals surface area contributed by atoms with E-state index in [4.69, 9.17) is 0 Å². The summed E-state index contributed by atoms with van der Waals surface area (Å²) in [5.74, 6) is -0.230. The Bertz CT molecular complexity index is 780. The van der Waals surface area contributed by atoms with Crippen molar-refractivity contribution in [2.24, 2.45) is 5.92 Å². The number of hydrogen-bond donors (Lipinski definition) is 0. The Kier molecular flexibility index (Phi) is 6.28. The molecule has 0 saturated carbocycles. The van der Waals surface area contributed by atoms with Gasteiger partial charge in [-0.1, -0.05) is 42.5 Å². The summed E-state index contributed by atoms with van der Waals surface area (Å²) < 4.78 is 0. The summed E-state index contributed by atoms with van der Waals surface area (Å²) >= 11 is 0. The van der Waals surface area contributed by atoms with Crippen LogP contribution in [0.5, 0.6) is 0 Å². The molecule has 0 radical (unpaired) electrons. The van der Waals surface area contributed by atoms with Gasteiger partial charge in [-0.3, -0.25) is 9.59 Å². The first-order valence-corrected chi connectivity index (χ1v) is 9.80. The summed E-state index contributed by atoms with van der Waals surface area (Å²) in [6.07, 6.45) is 2.94. The normalized spacial score (nSPS) is 14.8. The van der Waals surface area contributed by atoms with Crippen molar-refractivity contribution >= 4 is 17.5 Å². The van der Waals surface area contributed by atoms with Crippen LogP contribution in [0.1, 0.15) is 30.9 Å². The van der Waals surface area contributed by atoms with E-state index in [1.165, 1.54) is 5.56 Å². The molecule has 0 unspecified atom stereocenters. The zero-order chi connectivity index (χ0) is 19.2. The number of likely N-dealkylation sites (tertiary alicyclic amines) is 1. The summed E-state index contributed by atoms with van der Waals surface area (Å²) in [5.41, 5.74) is 3.21. The fourth-order valence-corrected chi connectivity index (χ4v) is 3.78. The monoisotopic (exact) mass is 364 g/mol. The average Bonchev–Trinajstić information content (AvgIpc) is 2.69. The SMILES string of the molecule is CCN(C(=O)C(=O)N1CCC(Cc2ccccc2)CC1)c1cccc(C)c1. The van der Waals surface area contributed by atoms with Crippen molar-refractivity contribution in [3.63, 3.8) is 0 Å². The molecule has 1 aliphatic rings. The number of benzene rings is 2. The van der Waals surface area contributed by atoms with Crippen LogP contribution in [-0.2, 0) is 16.0 Å². The van der Waals surface area contributed by atoms with Gasteiger partial charge in [0.15, 0.2) is 0 Å². The van der Waals surface area contributed by atoms with Crippen molar-refractivity contribution in [3.05, 3.63) is 65.7 Å². The molecule has 2 aromatic carbocycles. The zero-order valence-electron chi connectivity index (χ0n) is 16.2. The molecule has 1 heterocycles. The molecule has 0 atom stereocenters. The van der Waals surface area contributed by atoms with Gasteiger partial charge in [-0.15, -0.1) is 0 Å². The van der Waals surface area contributed by atoms with E-state index >= 15 is 0 Å². The first-order valence-electron chi connectivity index (χ1n) is 9.80. The topological polar surface area (TPSA) is 40.6 Å². The lowest BCUT2D eigenvalue weighted by molar-refractivity contribution is -0.145. The molecule has 0 aliphatic carbocycles. The molecule has 2 aromatic rings. The van der Waals surface area contributed by atoms with Gasteiger partial charge in [-0.05, 0) is 62.3 Å². The predicted molar refractivity (Wildman–Crippen MR) is 109 cm³/mol. The van der Waals surface area contributed by atoms with Gasteiger partial charge in [0.2, 0.25) is 0 Å². The van der Waals surface area contributed by atoms with Gasteiger partial charge in [0, 0.05) is 25.3 Å². The van der Waals surface area contributed by atoms with Crippen molar-refractivity contribution < 1.29 is 9.59 Å². The number of amides is 2. The van der Waals surface area contributed by atoms with Gasteiger partial charge in [0.25, 0.3) is 0 Å². The molecule has 0 aromatic heterocycles. The van der Waals surface area contributed by atoms with Crippen LogP contribution < -0.4 is 4.90 Å². The second kappa shape index (κ2) is 8.85. The molecular weight excluding hydrogens is 336 g/mol. The average molecular weight is 364 g/mol. The Morgan fingerprint density at radius 2 is 1.74 bits per heavy atom. The molecule has 4 nitrogen and oxygen atoms in total. The van der Waals surface area contributed by atoms with E-state index in [0.717, 1.165) is 30.5 Å². The molecule has 142 valence electrons. The van der Waals surface area contributed by atoms with E-state index in [9.17, 15) is 9.59 Å². The number of rotatable bonds is 4. The number of carbonyl (C=O) groups excluding carboxylic acids is 2. The molecule has 0 N–H and O–H groups in total. The number of piperidine rings is 1. The number of aryl methyl sites for hydroxylation is 1. The van der Waals surface area contributed by atoms with Gasteiger partial charge in [0.1, 0.15) is 0 Å². The van der Waals surface area contributed by atoms with Crippen LogP contribution in [0.15, 0.2) is 54.6 Å². The standard InChI is InChI=1S/C23H28N2O2/c1-3-25(21-11-7-8-18(2)16-21)23(27)22(26)24-14-12-20(13-15-24)17-19-9-5-4-6-10-19/h4-11,16,20H,3,12-15,17H2,1-2H3. The van der Waals surface area contributed by atoms with E-state index in [0.29, 0.717) is 25.6 Å². The first-order chi connectivity index (χ1) is 13.1. The van der Waals surface area contributed by atoms with Crippen LogP contribution in [-0.4, -0.2) is 36.3 Å². The highest BCUT2D eigenvalue weighted by Gasteiger charge is 2.30. The largest absolute Gasteiger partial charge is 0.334 e. The highest BCUT2D eigenvalue weighted by atomic mass is 16.2. The van der Waals surface area contributed by atoms with Gasteiger partial charge in [0.05, 0.1) is 0 Å². The summed E-state index contributed by atoms with van der Waals surface area (Å²) in [6.45, 7) is 5.69. The molecular formula is C23H28N2O2.